The Hall–Kier alpha value is -3.74. The molecule has 7 heteroatoms. The van der Waals surface area contributed by atoms with Gasteiger partial charge in [-0.15, -0.1) is 5.10 Å². The maximum absolute atomic E-state index is 12.7. The number of anilines is 1. The third kappa shape index (κ3) is 4.24. The second kappa shape index (κ2) is 8.10. The monoisotopic (exact) mass is 386 g/mol. The lowest BCUT2D eigenvalue weighted by Crippen LogP contribution is -2.13. The van der Waals surface area contributed by atoms with Gasteiger partial charge in [0.15, 0.2) is 0 Å². The van der Waals surface area contributed by atoms with E-state index in [9.17, 15) is 4.79 Å². The van der Waals surface area contributed by atoms with Crippen molar-refractivity contribution in [2.45, 2.75) is 19.9 Å². The minimum atomic E-state index is -0.140. The molecule has 0 atom stereocenters. The van der Waals surface area contributed by atoms with Crippen LogP contribution in [0.4, 0.5) is 5.69 Å². The maximum Gasteiger partial charge on any atom is 0.255 e. The fraction of sp³-hybridized carbons (Fsp3) is 0.182. The summed E-state index contributed by atoms with van der Waals surface area (Å²) in [5.41, 5.74) is 5.03. The molecule has 29 heavy (non-hydrogen) atoms. The van der Waals surface area contributed by atoms with Crippen molar-refractivity contribution >= 4 is 11.6 Å². The largest absolute Gasteiger partial charge is 0.338 e. The van der Waals surface area contributed by atoms with Crippen molar-refractivity contribution in [3.05, 3.63) is 84.1 Å². The zero-order valence-corrected chi connectivity index (χ0v) is 16.4. The molecule has 0 aliphatic carbocycles. The summed E-state index contributed by atoms with van der Waals surface area (Å²) >= 11 is 0. The van der Waals surface area contributed by atoms with E-state index < -0.39 is 0 Å². The van der Waals surface area contributed by atoms with Gasteiger partial charge in [0.05, 0.1) is 12.5 Å². The van der Waals surface area contributed by atoms with Gasteiger partial charge in [0, 0.05) is 48.7 Å². The van der Waals surface area contributed by atoms with Gasteiger partial charge in [-0.05, 0) is 30.7 Å². The Morgan fingerprint density at radius 3 is 2.72 bits per heavy atom. The van der Waals surface area contributed by atoms with Gasteiger partial charge in [-0.25, -0.2) is 4.98 Å². The van der Waals surface area contributed by atoms with Crippen molar-refractivity contribution in [2.75, 3.05) is 5.32 Å². The lowest BCUT2D eigenvalue weighted by atomic mass is 10.0. The average molecular weight is 386 g/mol. The zero-order valence-electron chi connectivity index (χ0n) is 16.4. The quantitative estimate of drug-likeness (QED) is 0.550. The number of rotatable bonds is 6. The van der Waals surface area contributed by atoms with Crippen LogP contribution in [0.15, 0.2) is 67.3 Å². The number of amides is 1. The molecule has 0 unspecified atom stereocenters. The van der Waals surface area contributed by atoms with Gasteiger partial charge in [-0.2, -0.15) is 0 Å². The number of aromatic nitrogens is 5. The van der Waals surface area contributed by atoms with Crippen LogP contribution < -0.4 is 5.32 Å². The third-order valence-electron chi connectivity index (χ3n) is 4.86. The minimum absolute atomic E-state index is 0.140. The van der Waals surface area contributed by atoms with E-state index in [0.29, 0.717) is 12.1 Å². The fourth-order valence-corrected chi connectivity index (χ4v) is 3.14. The number of imidazole rings is 1. The van der Waals surface area contributed by atoms with E-state index in [0.717, 1.165) is 34.6 Å². The first-order valence-electron chi connectivity index (χ1n) is 9.43. The molecule has 0 aliphatic rings. The molecule has 0 radical (unpaired) electrons. The zero-order chi connectivity index (χ0) is 20.2. The molecule has 4 aromatic rings. The van der Waals surface area contributed by atoms with Crippen LogP contribution >= 0.6 is 0 Å². The number of para-hydroxylation sites is 1. The number of carbonyl (C=O) groups excluding carboxylic acids is 1. The first-order valence-corrected chi connectivity index (χ1v) is 9.43. The van der Waals surface area contributed by atoms with E-state index in [-0.39, 0.29) is 5.91 Å². The molecular formula is C22H22N6O. The Labute approximate surface area is 169 Å². The standard InChI is InChI=1S/C22H22N6O/c1-16-8-9-17(12-20(16)22(29)24-18-6-4-3-5-7-18)21-14-28(26-25-21)11-10-19-13-23-15-27(19)2/h3-9,12-15H,10-11H2,1-2H3,(H,24,29). The predicted molar refractivity (Wildman–Crippen MR) is 112 cm³/mol. The van der Waals surface area contributed by atoms with Crippen LogP contribution in [0, 0.1) is 6.92 Å². The van der Waals surface area contributed by atoms with Gasteiger partial charge >= 0.3 is 0 Å². The van der Waals surface area contributed by atoms with Gasteiger partial charge in [0.1, 0.15) is 5.69 Å². The van der Waals surface area contributed by atoms with Crippen molar-refractivity contribution in [3.63, 3.8) is 0 Å². The van der Waals surface area contributed by atoms with Crippen LogP contribution in [-0.4, -0.2) is 30.5 Å². The smallest absolute Gasteiger partial charge is 0.255 e. The summed E-state index contributed by atoms with van der Waals surface area (Å²) in [6.07, 6.45) is 6.36. The lowest BCUT2D eigenvalue weighted by Gasteiger charge is -2.09. The number of carbonyl (C=O) groups is 1. The van der Waals surface area contributed by atoms with Gasteiger partial charge in [-0.1, -0.05) is 35.5 Å². The molecule has 146 valence electrons. The van der Waals surface area contributed by atoms with E-state index >= 15 is 0 Å². The molecule has 2 aromatic carbocycles. The summed E-state index contributed by atoms with van der Waals surface area (Å²) in [4.78, 5) is 16.9. The van der Waals surface area contributed by atoms with Crippen LogP contribution in [0.3, 0.4) is 0 Å². The highest BCUT2D eigenvalue weighted by Crippen LogP contribution is 2.21. The summed E-state index contributed by atoms with van der Waals surface area (Å²) in [6, 6.07) is 15.2. The minimum Gasteiger partial charge on any atom is -0.338 e. The number of aryl methyl sites for hydroxylation is 4. The molecule has 7 nitrogen and oxygen atoms in total. The van der Waals surface area contributed by atoms with Crippen LogP contribution in [-0.2, 0) is 20.0 Å². The fourth-order valence-electron chi connectivity index (χ4n) is 3.14. The lowest BCUT2D eigenvalue weighted by molar-refractivity contribution is 0.102. The molecular weight excluding hydrogens is 364 g/mol. The number of benzene rings is 2. The Bertz CT molecular complexity index is 1130. The van der Waals surface area contributed by atoms with E-state index in [4.69, 9.17) is 0 Å². The summed E-state index contributed by atoms with van der Waals surface area (Å²) in [5, 5.41) is 11.4. The topological polar surface area (TPSA) is 77.6 Å². The Morgan fingerprint density at radius 2 is 1.97 bits per heavy atom. The summed E-state index contributed by atoms with van der Waals surface area (Å²) < 4.78 is 3.81. The molecule has 0 saturated heterocycles. The first kappa shape index (κ1) is 18.6. The highest BCUT2D eigenvalue weighted by atomic mass is 16.1. The molecule has 0 aliphatic heterocycles. The van der Waals surface area contributed by atoms with Crippen molar-refractivity contribution in [1.29, 1.82) is 0 Å². The van der Waals surface area contributed by atoms with Gasteiger partial charge in [0.2, 0.25) is 0 Å². The van der Waals surface area contributed by atoms with Gasteiger partial charge in [0.25, 0.3) is 5.91 Å². The molecule has 0 bridgehead atoms. The average Bonchev–Trinajstić information content (AvgIpc) is 3.36. The number of nitrogens with one attached hydrogen (secondary N) is 1. The molecule has 1 N–H and O–H groups in total. The Kier molecular flexibility index (Phi) is 5.20. The Balaban J connectivity index is 1.50. The van der Waals surface area contributed by atoms with Crippen molar-refractivity contribution in [1.82, 2.24) is 24.5 Å². The van der Waals surface area contributed by atoms with Crippen LogP contribution in [0.5, 0.6) is 0 Å². The van der Waals surface area contributed by atoms with Crippen molar-refractivity contribution in [2.24, 2.45) is 7.05 Å². The van der Waals surface area contributed by atoms with E-state index in [1.165, 1.54) is 0 Å². The third-order valence-corrected chi connectivity index (χ3v) is 4.86. The SMILES string of the molecule is Cc1ccc(-c2cn(CCc3cncn3C)nn2)cc1C(=O)Nc1ccccc1. The molecule has 4 rings (SSSR count). The highest BCUT2D eigenvalue weighted by Gasteiger charge is 2.13. The molecule has 2 aromatic heterocycles. The number of nitrogens with zero attached hydrogens (tertiary/aromatic N) is 5. The second-order valence-corrected chi connectivity index (χ2v) is 6.96. The van der Waals surface area contributed by atoms with E-state index in [1.807, 2.05) is 84.1 Å². The predicted octanol–water partition coefficient (Wildman–Crippen LogP) is 3.48. The molecule has 0 saturated carbocycles. The summed E-state index contributed by atoms with van der Waals surface area (Å²) in [5.74, 6) is -0.140. The van der Waals surface area contributed by atoms with Crippen molar-refractivity contribution in [3.8, 4) is 11.3 Å². The Morgan fingerprint density at radius 1 is 1.14 bits per heavy atom. The molecule has 2 heterocycles. The molecule has 1 amide bonds. The van der Waals surface area contributed by atoms with Crippen molar-refractivity contribution < 1.29 is 4.79 Å². The van der Waals surface area contributed by atoms with Gasteiger partial charge in [-0.3, -0.25) is 9.48 Å². The highest BCUT2D eigenvalue weighted by molar-refractivity contribution is 6.05. The number of hydrogen-bond donors (Lipinski definition) is 1. The normalized spacial score (nSPS) is 10.8. The number of hydrogen-bond acceptors (Lipinski definition) is 4. The first-order chi connectivity index (χ1) is 14.1. The van der Waals surface area contributed by atoms with Crippen LogP contribution in [0.1, 0.15) is 21.6 Å². The van der Waals surface area contributed by atoms with E-state index in [2.05, 4.69) is 20.6 Å². The van der Waals surface area contributed by atoms with Crippen LogP contribution in [0.25, 0.3) is 11.3 Å². The molecule has 0 spiro atoms. The van der Waals surface area contributed by atoms with E-state index in [1.54, 1.807) is 6.33 Å². The summed E-state index contributed by atoms with van der Waals surface area (Å²) in [6.45, 7) is 2.63. The molecule has 0 fully saturated rings. The summed E-state index contributed by atoms with van der Waals surface area (Å²) in [7, 11) is 1.98. The second-order valence-electron chi connectivity index (χ2n) is 6.96. The van der Waals surface area contributed by atoms with Crippen LogP contribution in [0.2, 0.25) is 0 Å². The maximum atomic E-state index is 12.7. The van der Waals surface area contributed by atoms with Gasteiger partial charge < -0.3 is 9.88 Å².